The van der Waals surface area contributed by atoms with Gasteiger partial charge < -0.3 is 70.5 Å². The molecule has 2 fully saturated rings. The summed E-state index contributed by atoms with van der Waals surface area (Å²) >= 11 is 0. The maximum absolute atomic E-state index is 15.7. The standard InChI is InChI=1S/C74H109N13O14/c1-44(2)39-56-66(93)77-61(45(3)4)73(100)82(14)50(9)68(95)80(12)48(7)64(91)78-62(51(10)88)74(101)81(13)47(6)63(90)76-55(43-60(89)79(11)49(8)69(96)85(17)58(71(98)83(56)15)41-53-33-25-20-26-34-53)70(97)86(18)59(42-54-35-27-21-28-36-54)72(99)84(16)57(40-52-31-23-19-24-32-52)65(92)75-46(5)67(94)87-37-29-22-30-38-87/h19-21,23-28,31-36,44-51,55-59,61-62,88H,22,29-30,37-43H2,1-18H3,(H,75,92)(H,76,90)(H,77,93)(H,78,91)/t46-,47-,48-,49+,50-,51+,55-,56-,57-,58?,59-,61-,62-/m0/s1. The fourth-order valence-corrected chi connectivity index (χ4v) is 12.4. The van der Waals surface area contributed by atoms with E-state index in [1.165, 1.54) is 106 Å². The lowest BCUT2D eigenvalue weighted by atomic mass is 9.97. The zero-order chi connectivity index (χ0) is 75.6. The van der Waals surface area contributed by atoms with Crippen LogP contribution in [-0.2, 0) is 81.6 Å². The van der Waals surface area contributed by atoms with Gasteiger partial charge >= 0.3 is 0 Å². The van der Waals surface area contributed by atoms with Gasteiger partial charge in [-0.3, -0.25) is 62.3 Å². The average molecular weight is 1400 g/mol. The number of benzene rings is 3. The molecule has 2 saturated heterocycles. The van der Waals surface area contributed by atoms with E-state index in [1.807, 2.05) is 13.8 Å². The Balaban J connectivity index is 1.65. The van der Waals surface area contributed by atoms with Crippen molar-refractivity contribution in [3.8, 4) is 0 Å². The zero-order valence-corrected chi connectivity index (χ0v) is 62.2. The molecule has 3 aromatic rings. The van der Waals surface area contributed by atoms with Gasteiger partial charge in [0.15, 0.2) is 0 Å². The number of amides is 13. The summed E-state index contributed by atoms with van der Waals surface area (Å²) < 4.78 is 0. The average Bonchev–Trinajstić information content (AvgIpc) is 0.816. The number of carbonyl (C=O) groups excluding carboxylic acids is 13. The molecule has 0 spiro atoms. The van der Waals surface area contributed by atoms with Crippen molar-refractivity contribution in [2.24, 2.45) is 11.8 Å². The molecular weight excluding hydrogens is 1290 g/mol. The van der Waals surface area contributed by atoms with Gasteiger partial charge in [0.1, 0.15) is 72.5 Å². The Morgan fingerprint density at radius 3 is 1.45 bits per heavy atom. The summed E-state index contributed by atoms with van der Waals surface area (Å²) in [6, 6.07) is 9.71. The van der Waals surface area contributed by atoms with Crippen molar-refractivity contribution in [3.05, 3.63) is 108 Å². The van der Waals surface area contributed by atoms with Crippen molar-refractivity contribution in [3.63, 3.8) is 0 Å². The van der Waals surface area contributed by atoms with Crippen LogP contribution in [-0.4, -0.2) is 274 Å². The van der Waals surface area contributed by atoms with Crippen LogP contribution in [0.5, 0.6) is 0 Å². The molecule has 0 saturated carbocycles. The molecule has 2 aliphatic heterocycles. The quantitative estimate of drug-likeness (QED) is 0.129. The van der Waals surface area contributed by atoms with E-state index in [2.05, 4.69) is 21.3 Å². The zero-order valence-electron chi connectivity index (χ0n) is 62.2. The van der Waals surface area contributed by atoms with E-state index >= 15 is 24.0 Å². The van der Waals surface area contributed by atoms with Gasteiger partial charge in [-0.15, -0.1) is 0 Å². The molecule has 2 aliphatic rings. The van der Waals surface area contributed by atoms with Crippen molar-refractivity contribution in [2.45, 2.75) is 199 Å². The van der Waals surface area contributed by atoms with E-state index in [1.54, 1.807) is 117 Å². The molecule has 13 atom stereocenters. The lowest BCUT2D eigenvalue weighted by Gasteiger charge is -2.38. The molecular formula is C74H109N13O14. The summed E-state index contributed by atoms with van der Waals surface area (Å²) in [6.45, 7) is 16.4. The molecule has 0 radical (unpaired) electrons. The van der Waals surface area contributed by atoms with Crippen molar-refractivity contribution in [1.29, 1.82) is 0 Å². The summed E-state index contributed by atoms with van der Waals surface area (Å²) in [5, 5.41) is 22.0. The van der Waals surface area contributed by atoms with Crippen LogP contribution < -0.4 is 21.3 Å². The third kappa shape index (κ3) is 21.4. The number of nitrogens with one attached hydrogen (secondary N) is 4. The number of aliphatic hydroxyl groups is 1. The SMILES string of the molecule is CC(C)C[C@H]1C(=O)N[C@@H](C(C)C)C(=O)N(C)[C@@H](C)C(=O)N(C)[C@@H](C)C(=O)N[C@@H]([C@@H](C)O)C(=O)N(C)[C@@H](C)C(=O)N[C@H](C(=O)N(C)[C@@H](Cc2ccccc2)C(=O)N(C)[C@@H](Cc2ccccc2)C(=O)N[C@@H](C)C(=O)N2CCCCC2)CC(=O)N(C)[C@H](C)C(=O)N(C)C(Cc2ccccc2)C(=O)N1C. The minimum atomic E-state index is -1.89. The van der Waals surface area contributed by atoms with Crippen LogP contribution in [0.4, 0.5) is 0 Å². The number of carbonyl (C=O) groups is 13. The van der Waals surface area contributed by atoms with Crippen molar-refractivity contribution in [2.75, 3.05) is 69.5 Å². The molecule has 554 valence electrons. The number of rotatable bonds is 17. The number of hydrogen-bond acceptors (Lipinski definition) is 14. The molecule has 0 aliphatic carbocycles. The highest BCUT2D eigenvalue weighted by molar-refractivity contribution is 6.01. The van der Waals surface area contributed by atoms with Gasteiger partial charge in [-0.25, -0.2) is 0 Å². The molecule has 13 amide bonds. The van der Waals surface area contributed by atoms with E-state index in [0.717, 1.165) is 43.8 Å². The van der Waals surface area contributed by atoms with Crippen LogP contribution in [0, 0.1) is 11.8 Å². The molecule has 101 heavy (non-hydrogen) atoms. The molecule has 27 nitrogen and oxygen atoms in total. The lowest BCUT2D eigenvalue weighted by Crippen LogP contribution is -2.62. The Hall–Kier alpha value is -9.27. The topological polar surface area (TPSA) is 319 Å². The Labute approximate surface area is 595 Å². The van der Waals surface area contributed by atoms with E-state index in [4.69, 9.17) is 0 Å². The molecule has 0 aromatic heterocycles. The first-order valence-corrected chi connectivity index (χ1v) is 34.9. The van der Waals surface area contributed by atoms with E-state index in [9.17, 15) is 43.5 Å². The highest BCUT2D eigenvalue weighted by atomic mass is 16.3. The highest BCUT2D eigenvalue weighted by Crippen LogP contribution is 2.23. The van der Waals surface area contributed by atoms with Crippen molar-refractivity contribution >= 4 is 76.8 Å². The summed E-state index contributed by atoms with van der Waals surface area (Å²) in [5.74, 6) is -10.8. The minimum Gasteiger partial charge on any atom is -0.391 e. The van der Waals surface area contributed by atoms with Crippen LogP contribution in [0.2, 0.25) is 0 Å². The minimum absolute atomic E-state index is 0.0207. The normalized spacial score (nSPS) is 24.1. The van der Waals surface area contributed by atoms with Gasteiger partial charge in [-0.1, -0.05) is 119 Å². The van der Waals surface area contributed by atoms with Gasteiger partial charge in [0.2, 0.25) is 76.8 Å². The first-order valence-electron chi connectivity index (χ1n) is 34.9. The molecule has 1 unspecified atom stereocenters. The second-order valence-electron chi connectivity index (χ2n) is 28.0. The second-order valence-corrected chi connectivity index (χ2v) is 28.0. The van der Waals surface area contributed by atoms with Crippen molar-refractivity contribution < 1.29 is 67.4 Å². The van der Waals surface area contributed by atoms with Gasteiger partial charge in [0.25, 0.3) is 0 Å². The Morgan fingerprint density at radius 1 is 0.505 bits per heavy atom. The van der Waals surface area contributed by atoms with Gasteiger partial charge in [-0.2, -0.15) is 0 Å². The first-order chi connectivity index (χ1) is 47.4. The predicted octanol–water partition coefficient (Wildman–Crippen LogP) is 1.87. The summed E-state index contributed by atoms with van der Waals surface area (Å²) in [6.07, 6.45) is -0.0531. The lowest BCUT2D eigenvalue weighted by molar-refractivity contribution is -0.153. The maximum Gasteiger partial charge on any atom is 0.248 e. The van der Waals surface area contributed by atoms with Crippen LogP contribution in [0.25, 0.3) is 0 Å². The monoisotopic (exact) mass is 1400 g/mol. The third-order valence-corrected chi connectivity index (χ3v) is 19.8. The third-order valence-electron chi connectivity index (χ3n) is 19.8. The molecule has 3 aromatic carbocycles. The number of nitrogens with zero attached hydrogens (tertiary/aromatic N) is 9. The van der Waals surface area contributed by atoms with Crippen LogP contribution in [0.3, 0.4) is 0 Å². The van der Waals surface area contributed by atoms with Gasteiger partial charge in [0, 0.05) is 88.7 Å². The Bertz CT molecular complexity index is 3390. The second kappa shape index (κ2) is 37.4. The number of likely N-dealkylation sites (tertiary alicyclic amines) is 1. The fourth-order valence-electron chi connectivity index (χ4n) is 12.4. The van der Waals surface area contributed by atoms with Crippen LogP contribution in [0.15, 0.2) is 91.0 Å². The molecule has 27 heteroatoms. The number of hydrogen-bond donors (Lipinski definition) is 5. The number of likely N-dealkylation sites (N-methyl/N-ethyl adjacent to an activating group) is 8. The molecule has 0 bridgehead atoms. The largest absolute Gasteiger partial charge is 0.391 e. The Kier molecular flexibility index (Phi) is 30.5. The van der Waals surface area contributed by atoms with Crippen molar-refractivity contribution in [1.82, 2.24) is 65.4 Å². The van der Waals surface area contributed by atoms with Gasteiger partial charge in [-0.05, 0) is 95.8 Å². The fraction of sp³-hybridized carbons (Fsp3) is 0.581. The molecule has 2 heterocycles. The summed E-state index contributed by atoms with van der Waals surface area (Å²) in [4.78, 5) is 203. The maximum atomic E-state index is 15.7. The number of aliphatic hydroxyl groups excluding tert-OH is 1. The first kappa shape index (κ1) is 82.4. The molecule has 5 N–H and O–H groups in total. The van der Waals surface area contributed by atoms with Gasteiger partial charge in [0.05, 0.1) is 12.5 Å². The summed E-state index contributed by atoms with van der Waals surface area (Å²) in [7, 11) is 10.7. The van der Waals surface area contributed by atoms with Crippen LogP contribution >= 0.6 is 0 Å². The van der Waals surface area contributed by atoms with E-state index in [-0.39, 0.29) is 37.5 Å². The number of piperidine rings is 1. The predicted molar refractivity (Wildman–Crippen MR) is 380 cm³/mol. The highest BCUT2D eigenvalue weighted by Gasteiger charge is 2.44. The summed E-state index contributed by atoms with van der Waals surface area (Å²) in [5.41, 5.74) is 1.87. The van der Waals surface area contributed by atoms with Crippen LogP contribution in [0.1, 0.15) is 118 Å². The van der Waals surface area contributed by atoms with E-state index in [0.29, 0.717) is 29.8 Å². The van der Waals surface area contributed by atoms with E-state index < -0.39 is 162 Å². The Morgan fingerprint density at radius 2 is 0.941 bits per heavy atom. The smallest absolute Gasteiger partial charge is 0.248 e. The molecule has 5 rings (SSSR count).